The molecule has 1 aromatic rings. The molecule has 1 aromatic heterocycles. The van der Waals surface area contributed by atoms with Gasteiger partial charge in [0.05, 0.1) is 0 Å². The summed E-state index contributed by atoms with van der Waals surface area (Å²) in [7, 11) is 1.94. The number of rotatable bonds is 0. The zero-order chi connectivity index (χ0) is 6.85. The molecule has 9 heavy (non-hydrogen) atoms. The van der Waals surface area contributed by atoms with Gasteiger partial charge in [-0.05, 0) is 6.92 Å². The molecular formula is C5H9N3S. The van der Waals surface area contributed by atoms with Crippen LogP contribution in [0.4, 0.5) is 0 Å². The van der Waals surface area contributed by atoms with Crippen LogP contribution in [-0.4, -0.2) is 4.57 Å². The van der Waals surface area contributed by atoms with Crippen LogP contribution in [0.3, 0.4) is 0 Å². The van der Waals surface area contributed by atoms with Gasteiger partial charge >= 0.3 is 0 Å². The van der Waals surface area contributed by atoms with Crippen LogP contribution >= 0.6 is 11.3 Å². The first-order chi connectivity index (χ1) is 4.25. The second-order valence-electron chi connectivity index (χ2n) is 1.85. The zero-order valence-electron chi connectivity index (χ0n) is 5.46. The maximum Gasteiger partial charge on any atom is 0.207 e. The number of aromatic nitrogens is 1. The van der Waals surface area contributed by atoms with Gasteiger partial charge < -0.3 is 10.4 Å². The highest BCUT2D eigenvalue weighted by Crippen LogP contribution is 1.94. The van der Waals surface area contributed by atoms with Gasteiger partial charge in [0.2, 0.25) is 4.80 Å². The van der Waals surface area contributed by atoms with Crippen LogP contribution in [0.15, 0.2) is 10.5 Å². The van der Waals surface area contributed by atoms with Crippen LogP contribution in [0.2, 0.25) is 0 Å². The van der Waals surface area contributed by atoms with E-state index in [9.17, 15) is 0 Å². The summed E-state index contributed by atoms with van der Waals surface area (Å²) in [5.41, 5.74) is 1.18. The van der Waals surface area contributed by atoms with Crippen molar-refractivity contribution in [1.82, 2.24) is 4.57 Å². The SMILES string of the molecule is Cc1cs/c(=N\N)n1C. The van der Waals surface area contributed by atoms with E-state index >= 15 is 0 Å². The summed E-state index contributed by atoms with van der Waals surface area (Å²) in [6.07, 6.45) is 0. The predicted molar refractivity (Wildman–Crippen MR) is 37.8 cm³/mol. The van der Waals surface area contributed by atoms with Gasteiger partial charge in [0.15, 0.2) is 0 Å². The summed E-state index contributed by atoms with van der Waals surface area (Å²) < 4.78 is 1.95. The van der Waals surface area contributed by atoms with Crippen molar-refractivity contribution in [2.24, 2.45) is 18.0 Å². The minimum Gasteiger partial charge on any atom is -0.323 e. The third-order valence-electron chi connectivity index (χ3n) is 1.26. The van der Waals surface area contributed by atoms with Crippen molar-refractivity contribution in [2.45, 2.75) is 6.92 Å². The first kappa shape index (κ1) is 6.35. The van der Waals surface area contributed by atoms with E-state index in [1.54, 1.807) is 11.3 Å². The van der Waals surface area contributed by atoms with Crippen LogP contribution in [-0.2, 0) is 7.05 Å². The molecule has 0 aliphatic heterocycles. The standard InChI is InChI=1S/C5H9N3S/c1-4-3-9-5(7-6)8(4)2/h3H,6H2,1-2H3/b7-5-. The van der Waals surface area contributed by atoms with Crippen LogP contribution in [0.25, 0.3) is 0 Å². The lowest BCUT2D eigenvalue weighted by atomic mass is 10.6. The summed E-state index contributed by atoms with van der Waals surface area (Å²) in [4.78, 5) is 0.854. The Balaban J connectivity index is 3.37. The summed E-state index contributed by atoms with van der Waals surface area (Å²) in [6.45, 7) is 2.02. The molecule has 0 amide bonds. The smallest absolute Gasteiger partial charge is 0.207 e. The van der Waals surface area contributed by atoms with Gasteiger partial charge in [-0.1, -0.05) is 0 Å². The normalized spacial score (nSPS) is 12.4. The van der Waals surface area contributed by atoms with E-state index in [0.29, 0.717) is 0 Å². The molecule has 1 rings (SSSR count). The van der Waals surface area contributed by atoms with E-state index in [-0.39, 0.29) is 0 Å². The minimum atomic E-state index is 0.854. The topological polar surface area (TPSA) is 43.3 Å². The summed E-state index contributed by atoms with van der Waals surface area (Å²) in [5, 5.41) is 5.59. The summed E-state index contributed by atoms with van der Waals surface area (Å²) >= 11 is 1.55. The van der Waals surface area contributed by atoms with Gasteiger partial charge in [-0.15, -0.1) is 11.3 Å². The van der Waals surface area contributed by atoms with E-state index in [2.05, 4.69) is 5.10 Å². The average molecular weight is 143 g/mol. The lowest BCUT2D eigenvalue weighted by molar-refractivity contribution is 0.820. The van der Waals surface area contributed by atoms with Gasteiger partial charge in [-0.3, -0.25) is 0 Å². The van der Waals surface area contributed by atoms with Crippen LogP contribution in [0.5, 0.6) is 0 Å². The van der Waals surface area contributed by atoms with Crippen LogP contribution in [0, 0.1) is 6.92 Å². The van der Waals surface area contributed by atoms with Gasteiger partial charge in [-0.25, -0.2) is 0 Å². The lowest BCUT2D eigenvalue weighted by Crippen LogP contribution is -2.13. The molecule has 0 spiro atoms. The van der Waals surface area contributed by atoms with E-state index in [1.165, 1.54) is 5.69 Å². The summed E-state index contributed by atoms with van der Waals surface area (Å²) in [6, 6.07) is 0. The van der Waals surface area contributed by atoms with Crippen molar-refractivity contribution < 1.29 is 0 Å². The molecule has 0 atom stereocenters. The third kappa shape index (κ3) is 0.977. The molecule has 3 nitrogen and oxygen atoms in total. The number of thiazole rings is 1. The molecule has 0 unspecified atom stereocenters. The molecule has 0 aliphatic rings. The molecule has 0 aromatic carbocycles. The van der Waals surface area contributed by atoms with Crippen molar-refractivity contribution in [3.63, 3.8) is 0 Å². The van der Waals surface area contributed by atoms with Crippen molar-refractivity contribution in [2.75, 3.05) is 0 Å². The van der Waals surface area contributed by atoms with E-state index in [1.807, 2.05) is 23.9 Å². The van der Waals surface area contributed by atoms with Crippen molar-refractivity contribution in [3.8, 4) is 0 Å². The maximum absolute atomic E-state index is 5.08. The average Bonchev–Trinajstić information content (AvgIpc) is 2.15. The quantitative estimate of drug-likeness (QED) is 0.408. The highest BCUT2D eigenvalue weighted by atomic mass is 32.1. The molecule has 2 N–H and O–H groups in total. The number of nitrogens with zero attached hydrogens (tertiary/aromatic N) is 2. The monoisotopic (exact) mass is 143 g/mol. The Kier molecular flexibility index (Phi) is 1.57. The Morgan fingerprint density at radius 3 is 2.67 bits per heavy atom. The Morgan fingerprint density at radius 1 is 1.78 bits per heavy atom. The lowest BCUT2D eigenvalue weighted by Gasteiger charge is -1.90. The molecule has 50 valence electrons. The van der Waals surface area contributed by atoms with E-state index in [0.717, 1.165) is 4.80 Å². The molecule has 0 aliphatic carbocycles. The highest BCUT2D eigenvalue weighted by molar-refractivity contribution is 7.07. The first-order valence-electron chi connectivity index (χ1n) is 2.60. The second-order valence-corrected chi connectivity index (χ2v) is 2.68. The Labute approximate surface area is 57.4 Å². The first-order valence-corrected chi connectivity index (χ1v) is 3.48. The summed E-state index contributed by atoms with van der Waals surface area (Å²) in [5.74, 6) is 5.08. The number of nitrogens with two attached hydrogens (primary N) is 1. The van der Waals surface area contributed by atoms with Gasteiger partial charge in [0.25, 0.3) is 0 Å². The number of aryl methyl sites for hydroxylation is 1. The fourth-order valence-electron chi connectivity index (χ4n) is 0.564. The molecule has 0 saturated carbocycles. The van der Waals surface area contributed by atoms with Gasteiger partial charge in [0.1, 0.15) is 0 Å². The van der Waals surface area contributed by atoms with E-state index in [4.69, 9.17) is 5.84 Å². The fourth-order valence-corrected chi connectivity index (χ4v) is 1.36. The van der Waals surface area contributed by atoms with Crippen LogP contribution < -0.4 is 10.6 Å². The van der Waals surface area contributed by atoms with Gasteiger partial charge in [0, 0.05) is 18.1 Å². The zero-order valence-corrected chi connectivity index (χ0v) is 6.27. The molecule has 0 radical (unpaired) electrons. The van der Waals surface area contributed by atoms with E-state index < -0.39 is 0 Å². The van der Waals surface area contributed by atoms with Crippen molar-refractivity contribution >= 4 is 11.3 Å². The molecule has 0 bridgehead atoms. The maximum atomic E-state index is 5.08. The Morgan fingerprint density at radius 2 is 2.44 bits per heavy atom. The molecule has 4 heteroatoms. The largest absolute Gasteiger partial charge is 0.323 e. The Hall–Kier alpha value is -0.770. The number of hydrogen-bond acceptors (Lipinski definition) is 3. The minimum absolute atomic E-state index is 0.854. The molecule has 0 saturated heterocycles. The Bertz CT molecular complexity index is 257. The highest BCUT2D eigenvalue weighted by Gasteiger charge is 1.91. The number of hydrogen-bond donors (Lipinski definition) is 1. The van der Waals surface area contributed by atoms with Crippen LogP contribution in [0.1, 0.15) is 5.69 Å². The second kappa shape index (κ2) is 2.23. The predicted octanol–water partition coefficient (Wildman–Crippen LogP) is 0.169. The van der Waals surface area contributed by atoms with Crippen molar-refractivity contribution in [1.29, 1.82) is 0 Å². The third-order valence-corrected chi connectivity index (χ3v) is 2.31. The molecule has 0 fully saturated rings. The molecule has 1 heterocycles. The van der Waals surface area contributed by atoms with Gasteiger partial charge in [-0.2, -0.15) is 5.10 Å². The fraction of sp³-hybridized carbons (Fsp3) is 0.400. The molecular weight excluding hydrogens is 134 g/mol. The van der Waals surface area contributed by atoms with Crippen molar-refractivity contribution in [3.05, 3.63) is 15.9 Å².